The predicted octanol–water partition coefficient (Wildman–Crippen LogP) is -0.709. The Kier molecular flexibility index (Phi) is 2.90. The van der Waals surface area contributed by atoms with Crippen LogP contribution in [0.5, 0.6) is 0 Å². The fourth-order valence-electron chi connectivity index (χ4n) is 1.27. The molecule has 14 heavy (non-hydrogen) atoms. The van der Waals surface area contributed by atoms with Crippen molar-refractivity contribution in [1.29, 1.82) is 0 Å². The first-order valence-corrected chi connectivity index (χ1v) is 4.17. The zero-order chi connectivity index (χ0) is 10.7. The summed E-state index contributed by atoms with van der Waals surface area (Å²) in [6.45, 7) is 1.71. The Morgan fingerprint density at radius 3 is 2.29 bits per heavy atom. The highest BCUT2D eigenvalue weighted by atomic mass is 16.4. The van der Waals surface area contributed by atoms with Gasteiger partial charge in [0, 0.05) is 0 Å². The molecule has 1 unspecified atom stereocenters. The topological polar surface area (TPSA) is 108 Å². The lowest BCUT2D eigenvalue weighted by molar-refractivity contribution is -0.137. The van der Waals surface area contributed by atoms with E-state index in [1.54, 1.807) is 6.92 Å². The lowest BCUT2D eigenvalue weighted by atomic mass is 10.1. The number of nitrogens with zero attached hydrogens (tertiary/aromatic N) is 1. The highest BCUT2D eigenvalue weighted by Gasteiger charge is 2.17. The van der Waals surface area contributed by atoms with Gasteiger partial charge in [-0.25, -0.2) is 24.4 Å². The summed E-state index contributed by atoms with van der Waals surface area (Å²) in [5.41, 5.74) is -1.22. The monoisotopic (exact) mass is 201 g/mol. The van der Waals surface area contributed by atoms with Crippen LogP contribution in [0.25, 0.3) is 0 Å². The second kappa shape index (κ2) is 3.95. The van der Waals surface area contributed by atoms with Crippen LogP contribution in [0.3, 0.4) is 0 Å². The van der Waals surface area contributed by atoms with Crippen LogP contribution < -0.4 is 11.4 Å². The summed E-state index contributed by atoms with van der Waals surface area (Å²) in [6.07, 6.45) is 0.171. The molecular weight excluding hydrogens is 190 g/mol. The first kappa shape index (κ1) is 10.3. The normalized spacial score (nSPS) is 12.6. The minimum atomic E-state index is -1.04. The molecule has 0 radical (unpaired) electrons. The molecule has 0 spiro atoms. The highest BCUT2D eigenvalue weighted by molar-refractivity contribution is 5.67. The molecule has 0 fully saturated rings. The third-order valence-electron chi connectivity index (χ3n) is 1.96. The van der Waals surface area contributed by atoms with E-state index >= 15 is 0 Å². The summed E-state index contributed by atoms with van der Waals surface area (Å²) in [5.74, 6) is -1.04. The summed E-state index contributed by atoms with van der Waals surface area (Å²) in [5, 5.41) is 12.8. The van der Waals surface area contributed by atoms with E-state index in [0.717, 1.165) is 4.57 Å². The van der Waals surface area contributed by atoms with E-state index in [9.17, 15) is 14.4 Å². The van der Waals surface area contributed by atoms with Crippen molar-refractivity contribution in [2.45, 2.75) is 25.8 Å². The quantitative estimate of drug-likeness (QED) is 0.597. The molecule has 0 saturated carbocycles. The van der Waals surface area contributed by atoms with E-state index < -0.39 is 23.4 Å². The number of nitrogens with one attached hydrogen (secondary N) is 2. The molecule has 1 rings (SSSR count). The predicted molar refractivity (Wildman–Crippen MR) is 47.3 cm³/mol. The molecule has 7 nitrogen and oxygen atoms in total. The smallest absolute Gasteiger partial charge is 0.344 e. The molecular formula is C7H11N3O4. The number of aliphatic carboxylic acids is 1. The van der Waals surface area contributed by atoms with Crippen molar-refractivity contribution in [3.8, 4) is 0 Å². The zero-order valence-electron chi connectivity index (χ0n) is 7.61. The highest BCUT2D eigenvalue weighted by Crippen LogP contribution is 2.10. The Bertz CT molecular complexity index is 399. The van der Waals surface area contributed by atoms with Gasteiger partial charge in [0.05, 0.1) is 12.5 Å². The molecule has 0 bridgehead atoms. The number of H-pyrrole nitrogens is 2. The first-order chi connectivity index (χ1) is 6.56. The number of aromatic amines is 2. The van der Waals surface area contributed by atoms with Crippen molar-refractivity contribution >= 4 is 5.97 Å². The van der Waals surface area contributed by atoms with Gasteiger partial charge in [-0.15, -0.1) is 0 Å². The first-order valence-electron chi connectivity index (χ1n) is 4.17. The fraction of sp³-hybridized carbons (Fsp3) is 0.571. The van der Waals surface area contributed by atoms with Gasteiger partial charge in [-0.05, 0) is 6.42 Å². The summed E-state index contributed by atoms with van der Waals surface area (Å²) >= 11 is 0. The molecule has 0 aliphatic carbocycles. The van der Waals surface area contributed by atoms with E-state index in [0.29, 0.717) is 6.42 Å². The van der Waals surface area contributed by atoms with Gasteiger partial charge in [-0.2, -0.15) is 0 Å². The standard InChI is InChI=1S/C7H11N3O4/c1-2-4(3-5(11)12)10-6(13)8-9-7(10)14/h4H,2-3H2,1H3,(H,8,13)(H,9,14)(H,11,12). The molecule has 3 N–H and O–H groups in total. The van der Waals surface area contributed by atoms with Crippen molar-refractivity contribution in [3.05, 3.63) is 21.0 Å². The summed E-state index contributed by atoms with van der Waals surface area (Å²) in [7, 11) is 0. The van der Waals surface area contributed by atoms with E-state index in [2.05, 4.69) is 10.2 Å². The van der Waals surface area contributed by atoms with Crippen LogP contribution in [0.1, 0.15) is 25.8 Å². The van der Waals surface area contributed by atoms with Crippen molar-refractivity contribution in [2.24, 2.45) is 0 Å². The van der Waals surface area contributed by atoms with Crippen molar-refractivity contribution in [1.82, 2.24) is 14.8 Å². The van der Waals surface area contributed by atoms with Gasteiger partial charge >= 0.3 is 17.3 Å². The Balaban J connectivity index is 3.06. The van der Waals surface area contributed by atoms with E-state index in [-0.39, 0.29) is 6.42 Å². The Labute approximate surface area is 78.4 Å². The summed E-state index contributed by atoms with van der Waals surface area (Å²) in [6, 6.07) is -0.602. The van der Waals surface area contributed by atoms with Gasteiger partial charge < -0.3 is 5.11 Å². The molecule has 0 aliphatic rings. The van der Waals surface area contributed by atoms with Crippen LogP contribution >= 0.6 is 0 Å². The van der Waals surface area contributed by atoms with Crippen LogP contribution in [-0.4, -0.2) is 25.8 Å². The maximum absolute atomic E-state index is 11.1. The molecule has 1 aromatic rings. The lowest BCUT2D eigenvalue weighted by Crippen LogP contribution is -2.32. The third kappa shape index (κ3) is 1.93. The summed E-state index contributed by atoms with van der Waals surface area (Å²) in [4.78, 5) is 32.7. The van der Waals surface area contributed by atoms with Crippen molar-refractivity contribution in [2.75, 3.05) is 0 Å². The maximum Gasteiger partial charge on any atom is 0.344 e. The number of carboxylic acids is 1. The van der Waals surface area contributed by atoms with E-state index in [4.69, 9.17) is 5.11 Å². The van der Waals surface area contributed by atoms with Crippen LogP contribution in [-0.2, 0) is 4.79 Å². The number of aromatic nitrogens is 3. The van der Waals surface area contributed by atoms with Gasteiger partial charge in [0.2, 0.25) is 0 Å². The molecule has 7 heteroatoms. The Hall–Kier alpha value is -1.79. The lowest BCUT2D eigenvalue weighted by Gasteiger charge is -2.10. The molecule has 78 valence electrons. The fourth-order valence-corrected chi connectivity index (χ4v) is 1.27. The molecule has 0 aromatic carbocycles. The SMILES string of the molecule is CCC(CC(=O)O)n1c(=O)[nH][nH]c1=O. The third-order valence-corrected chi connectivity index (χ3v) is 1.96. The van der Waals surface area contributed by atoms with E-state index in [1.807, 2.05) is 0 Å². The Morgan fingerprint density at radius 2 is 1.93 bits per heavy atom. The molecule has 1 atom stereocenters. The van der Waals surface area contributed by atoms with Crippen molar-refractivity contribution in [3.63, 3.8) is 0 Å². The molecule has 1 aromatic heterocycles. The average Bonchev–Trinajstić information content (AvgIpc) is 2.43. The van der Waals surface area contributed by atoms with Crippen LogP contribution in [0.4, 0.5) is 0 Å². The summed E-state index contributed by atoms with van der Waals surface area (Å²) < 4.78 is 0.883. The zero-order valence-corrected chi connectivity index (χ0v) is 7.61. The number of hydrogen-bond donors (Lipinski definition) is 3. The van der Waals surface area contributed by atoms with Crippen LogP contribution in [0.2, 0.25) is 0 Å². The van der Waals surface area contributed by atoms with Crippen LogP contribution in [0.15, 0.2) is 9.59 Å². The van der Waals surface area contributed by atoms with E-state index in [1.165, 1.54) is 0 Å². The van der Waals surface area contributed by atoms with Gasteiger partial charge in [0.1, 0.15) is 0 Å². The number of carbonyl (C=O) groups is 1. The molecule has 0 amide bonds. The largest absolute Gasteiger partial charge is 0.481 e. The van der Waals surface area contributed by atoms with Gasteiger partial charge in [0.25, 0.3) is 0 Å². The van der Waals surface area contributed by atoms with Crippen molar-refractivity contribution < 1.29 is 9.90 Å². The maximum atomic E-state index is 11.1. The number of hydrogen-bond acceptors (Lipinski definition) is 3. The second-order valence-corrected chi connectivity index (χ2v) is 2.89. The van der Waals surface area contributed by atoms with Gasteiger partial charge in [-0.3, -0.25) is 4.79 Å². The molecule has 0 saturated heterocycles. The Morgan fingerprint density at radius 1 is 1.43 bits per heavy atom. The average molecular weight is 201 g/mol. The van der Waals surface area contributed by atoms with Crippen LogP contribution in [0, 0.1) is 0 Å². The minimum Gasteiger partial charge on any atom is -0.481 e. The van der Waals surface area contributed by atoms with Gasteiger partial charge in [-0.1, -0.05) is 6.92 Å². The second-order valence-electron chi connectivity index (χ2n) is 2.89. The number of carboxylic acid groups (broad SMARTS) is 1. The minimum absolute atomic E-state index is 0.239. The van der Waals surface area contributed by atoms with Gasteiger partial charge in [0.15, 0.2) is 0 Å². The molecule has 0 aliphatic heterocycles. The number of rotatable bonds is 4. The molecule has 1 heterocycles.